The predicted octanol–water partition coefficient (Wildman–Crippen LogP) is 10.8. The van der Waals surface area contributed by atoms with Crippen LogP contribution >= 0.6 is 14.9 Å². The molecule has 0 amide bonds. The van der Waals surface area contributed by atoms with Gasteiger partial charge in [0.05, 0.1) is 31.6 Å². The first-order chi connectivity index (χ1) is 21.3. The van der Waals surface area contributed by atoms with Gasteiger partial charge in [0, 0.05) is 0 Å². The van der Waals surface area contributed by atoms with Crippen LogP contribution in [0.3, 0.4) is 0 Å². The van der Waals surface area contributed by atoms with Crippen LogP contribution in [0.1, 0.15) is 0 Å². The minimum Gasteiger partial charge on any atom is -0.701 e. The van der Waals surface area contributed by atoms with Gasteiger partial charge in [-0.05, 0) is 21.2 Å². The SMILES string of the molecule is C[Si](C)(C)P(c1ccccc1)c1ccccc1.C[Si](C)(C)P(c1ccccc1)c1ccccc1.[C-]#C[Si](C)(C)C.[C-]#C[Si](C)(C)C.[Pt+2]. The molecule has 0 aromatic heterocycles. The summed E-state index contributed by atoms with van der Waals surface area (Å²) in [5.41, 5.74) is 4.99. The zero-order valence-corrected chi connectivity index (χ0v) is 38.8. The second-order valence-corrected chi connectivity index (χ2v) is 47.4. The van der Waals surface area contributed by atoms with Crippen molar-refractivity contribution in [3.63, 3.8) is 0 Å². The van der Waals surface area contributed by atoms with Gasteiger partial charge in [-0.15, -0.1) is 0 Å². The molecule has 0 aliphatic carbocycles. The molecule has 4 rings (SSSR count). The van der Waals surface area contributed by atoms with Gasteiger partial charge >= 0.3 is 21.1 Å². The molecule has 0 saturated heterocycles. The van der Waals surface area contributed by atoms with Gasteiger partial charge < -0.3 is 23.9 Å². The second kappa shape index (κ2) is 21.5. The van der Waals surface area contributed by atoms with E-state index >= 15 is 0 Å². The van der Waals surface area contributed by atoms with Crippen molar-refractivity contribution in [1.82, 2.24) is 0 Å². The monoisotopic (exact) mass is 905 g/mol. The van der Waals surface area contributed by atoms with Gasteiger partial charge in [-0.25, -0.2) is 0 Å². The number of hydrogen-bond acceptors (Lipinski definition) is 0. The summed E-state index contributed by atoms with van der Waals surface area (Å²) < 4.78 is 0. The fraction of sp³-hybridized carbons (Fsp3) is 0.300. The first kappa shape index (κ1) is 45.4. The zero-order valence-electron chi connectivity index (χ0n) is 30.8. The van der Waals surface area contributed by atoms with E-state index in [-0.39, 0.29) is 36.0 Å². The Hall–Kier alpha value is -1.58. The molecular formula is C40H56P2PtSi4. The van der Waals surface area contributed by atoms with Gasteiger partial charge in [0.15, 0.2) is 0 Å². The van der Waals surface area contributed by atoms with E-state index in [1.807, 2.05) is 0 Å². The standard InChI is InChI=1S/2C15H19PSi.2C5H9Si.Pt/c2*1-17(2,3)16(14-10-6-4-7-11-14)15-12-8-5-9-13-15;2*1-5-6(2,3)4;/h2*4-13H,1-3H3;2*2-4H3;/q;;2*-1;+2. The van der Waals surface area contributed by atoms with Gasteiger partial charge in [0.25, 0.3) is 0 Å². The smallest absolute Gasteiger partial charge is 0.701 e. The topological polar surface area (TPSA) is 0 Å². The van der Waals surface area contributed by atoms with Crippen LogP contribution in [0.2, 0.25) is 78.6 Å². The largest absolute Gasteiger partial charge is 2.00 e. The van der Waals surface area contributed by atoms with E-state index in [4.69, 9.17) is 12.8 Å². The van der Waals surface area contributed by atoms with Crippen molar-refractivity contribution in [1.29, 1.82) is 0 Å². The number of rotatable bonds is 6. The van der Waals surface area contributed by atoms with Crippen molar-refractivity contribution < 1.29 is 21.1 Å². The van der Waals surface area contributed by atoms with Crippen LogP contribution in [0, 0.1) is 23.9 Å². The third-order valence-corrected chi connectivity index (χ3v) is 24.7. The fourth-order valence-electron chi connectivity index (χ4n) is 4.16. The molecule has 0 nitrogen and oxygen atoms in total. The Morgan fingerprint density at radius 2 is 0.511 bits per heavy atom. The molecule has 0 heterocycles. The summed E-state index contributed by atoms with van der Waals surface area (Å²) in [5, 5.41) is 6.08. The second-order valence-electron chi connectivity index (χ2n) is 15.1. The van der Waals surface area contributed by atoms with Crippen molar-refractivity contribution in [3.8, 4) is 11.1 Å². The molecule has 4 aromatic rings. The van der Waals surface area contributed by atoms with Gasteiger partial charge in [0.1, 0.15) is 0 Å². The van der Waals surface area contributed by atoms with Crippen molar-refractivity contribution in [2.24, 2.45) is 0 Å². The third-order valence-electron chi connectivity index (χ3n) is 6.15. The average Bonchev–Trinajstić information content (AvgIpc) is 2.98. The molecule has 0 saturated carbocycles. The van der Waals surface area contributed by atoms with Crippen molar-refractivity contribution >= 4 is 67.8 Å². The van der Waals surface area contributed by atoms with Crippen LogP contribution in [0.25, 0.3) is 0 Å². The maximum atomic E-state index is 6.67. The molecule has 0 aliphatic heterocycles. The van der Waals surface area contributed by atoms with E-state index in [9.17, 15) is 0 Å². The fourth-order valence-corrected chi connectivity index (χ4v) is 20.8. The third kappa shape index (κ3) is 19.3. The first-order valence-corrected chi connectivity index (χ1v) is 34.4. The van der Waals surface area contributed by atoms with E-state index in [1.54, 1.807) is 0 Å². The molecule has 7 heteroatoms. The molecule has 0 spiro atoms. The molecule has 252 valence electrons. The normalized spacial score (nSPS) is 11.1. The van der Waals surface area contributed by atoms with Gasteiger partial charge in [0.2, 0.25) is 0 Å². The molecule has 0 unspecified atom stereocenters. The summed E-state index contributed by atoms with van der Waals surface area (Å²) in [7, 11) is -5.14. The van der Waals surface area contributed by atoms with E-state index < -0.39 is 31.6 Å². The Morgan fingerprint density at radius 3 is 0.617 bits per heavy atom. The summed E-state index contributed by atoms with van der Waals surface area (Å²) in [6, 6.07) is 44.0. The summed E-state index contributed by atoms with van der Waals surface area (Å²) in [6.07, 6.45) is 13.3. The maximum absolute atomic E-state index is 6.67. The van der Waals surface area contributed by atoms with Crippen molar-refractivity contribution in [2.45, 2.75) is 78.6 Å². The summed E-state index contributed by atoms with van der Waals surface area (Å²) in [4.78, 5) is 0. The van der Waals surface area contributed by atoms with Gasteiger partial charge in [-0.1, -0.05) is 215 Å². The maximum Gasteiger partial charge on any atom is 2.00 e. The van der Waals surface area contributed by atoms with Crippen LogP contribution in [-0.2, 0) is 21.1 Å². The van der Waals surface area contributed by atoms with Gasteiger partial charge in [-0.3, -0.25) is 0 Å². The van der Waals surface area contributed by atoms with E-state index in [0.29, 0.717) is 0 Å². The molecule has 0 aliphatic rings. The number of hydrogen-bond donors (Lipinski definition) is 0. The van der Waals surface area contributed by atoms with Crippen LogP contribution in [0.4, 0.5) is 0 Å². The Morgan fingerprint density at radius 1 is 0.362 bits per heavy atom. The van der Waals surface area contributed by atoms with Crippen molar-refractivity contribution in [3.05, 3.63) is 134 Å². The van der Waals surface area contributed by atoms with E-state index in [1.165, 1.54) is 21.2 Å². The molecule has 47 heavy (non-hydrogen) atoms. The van der Waals surface area contributed by atoms with Crippen LogP contribution in [0.15, 0.2) is 121 Å². The minimum absolute atomic E-state index is 0. The molecular weight excluding hydrogens is 850 g/mol. The summed E-state index contributed by atoms with van der Waals surface area (Å²) in [6.45, 7) is 27.3. The van der Waals surface area contributed by atoms with Gasteiger partial charge in [-0.2, -0.15) is 0 Å². The molecule has 0 atom stereocenters. The Kier molecular flexibility index (Phi) is 20.8. The molecule has 4 aromatic carbocycles. The van der Waals surface area contributed by atoms with Crippen LogP contribution in [-0.4, -0.2) is 31.6 Å². The quantitative estimate of drug-likeness (QED) is 0.0783. The van der Waals surface area contributed by atoms with E-state index in [0.717, 1.165) is 0 Å². The number of benzene rings is 4. The molecule has 0 N–H and O–H groups in total. The Labute approximate surface area is 310 Å². The molecule has 0 fully saturated rings. The Bertz CT molecular complexity index is 1280. The van der Waals surface area contributed by atoms with Crippen LogP contribution in [0.5, 0.6) is 0 Å². The molecule has 0 radical (unpaired) electrons. The summed E-state index contributed by atoms with van der Waals surface area (Å²) in [5.74, 6) is 0. The zero-order chi connectivity index (χ0) is 35.0. The van der Waals surface area contributed by atoms with Crippen LogP contribution < -0.4 is 21.2 Å². The van der Waals surface area contributed by atoms with Crippen molar-refractivity contribution in [2.75, 3.05) is 0 Å². The first-order valence-electron chi connectivity index (χ1n) is 16.0. The van der Waals surface area contributed by atoms with E-state index in [2.05, 4.69) is 211 Å². The minimum atomic E-state index is -1.21. The molecule has 0 bridgehead atoms. The average molecular weight is 906 g/mol. The summed E-state index contributed by atoms with van der Waals surface area (Å²) >= 11 is 0. The predicted molar refractivity (Wildman–Crippen MR) is 226 cm³/mol. The Balaban J connectivity index is 0.000000664.